The van der Waals surface area contributed by atoms with Gasteiger partial charge in [-0.3, -0.25) is 4.79 Å². The third-order valence-electron chi connectivity index (χ3n) is 3.76. The minimum atomic E-state index is 0.108. The second-order valence-electron chi connectivity index (χ2n) is 6.05. The number of carbonyl (C=O) groups is 1. The lowest BCUT2D eigenvalue weighted by Gasteiger charge is -2.47. The standard InChI is InChI=1S/C13H20N2O/c1-13(2)8-15(9-13)12(16)11-5-3-4-10(6-11)7-14/h10-11H,3-6,8-9H2,1-2H3/t10-,11?/m0/s1. The first-order valence-corrected chi connectivity index (χ1v) is 6.20. The predicted octanol–water partition coefficient (Wildman–Crippen LogP) is 2.18. The number of carbonyl (C=O) groups excluding carboxylic acids is 1. The van der Waals surface area contributed by atoms with Gasteiger partial charge in [-0.2, -0.15) is 5.26 Å². The van der Waals surface area contributed by atoms with E-state index < -0.39 is 0 Å². The molecule has 1 heterocycles. The quantitative estimate of drug-likeness (QED) is 0.680. The van der Waals surface area contributed by atoms with Gasteiger partial charge in [0.25, 0.3) is 0 Å². The fourth-order valence-electron chi connectivity index (χ4n) is 2.93. The molecule has 2 rings (SSSR count). The van der Waals surface area contributed by atoms with Crippen molar-refractivity contribution in [3.63, 3.8) is 0 Å². The number of likely N-dealkylation sites (tertiary alicyclic amines) is 1. The van der Waals surface area contributed by atoms with E-state index in [9.17, 15) is 4.79 Å². The Morgan fingerprint density at radius 3 is 2.62 bits per heavy atom. The number of hydrogen-bond donors (Lipinski definition) is 0. The summed E-state index contributed by atoms with van der Waals surface area (Å²) in [6.45, 7) is 6.16. The monoisotopic (exact) mass is 220 g/mol. The average molecular weight is 220 g/mol. The molecule has 2 aliphatic rings. The number of rotatable bonds is 1. The van der Waals surface area contributed by atoms with Crippen molar-refractivity contribution in [2.45, 2.75) is 39.5 Å². The first-order chi connectivity index (χ1) is 7.52. The molecule has 1 saturated carbocycles. The molecule has 16 heavy (non-hydrogen) atoms. The molecule has 0 radical (unpaired) electrons. The molecule has 1 saturated heterocycles. The summed E-state index contributed by atoms with van der Waals surface area (Å²) in [5, 5.41) is 8.91. The van der Waals surface area contributed by atoms with Crippen LogP contribution in [0.4, 0.5) is 0 Å². The second kappa shape index (κ2) is 4.08. The van der Waals surface area contributed by atoms with Crippen LogP contribution in [0.25, 0.3) is 0 Å². The third-order valence-corrected chi connectivity index (χ3v) is 3.76. The Morgan fingerprint density at radius 1 is 1.38 bits per heavy atom. The molecule has 0 aromatic heterocycles. The maximum absolute atomic E-state index is 12.1. The lowest BCUT2D eigenvalue weighted by Crippen LogP contribution is -2.57. The maximum atomic E-state index is 12.1. The Hall–Kier alpha value is -1.04. The van der Waals surface area contributed by atoms with Crippen LogP contribution < -0.4 is 0 Å². The average Bonchev–Trinajstić information content (AvgIpc) is 2.25. The van der Waals surface area contributed by atoms with Gasteiger partial charge in [0.05, 0.1) is 6.07 Å². The fourth-order valence-corrected chi connectivity index (χ4v) is 2.93. The Kier molecular flexibility index (Phi) is 2.92. The Bertz CT molecular complexity index is 321. The van der Waals surface area contributed by atoms with Crippen LogP contribution in [0.5, 0.6) is 0 Å². The van der Waals surface area contributed by atoms with E-state index in [-0.39, 0.29) is 11.8 Å². The van der Waals surface area contributed by atoms with Gasteiger partial charge >= 0.3 is 0 Å². The zero-order valence-electron chi connectivity index (χ0n) is 10.2. The van der Waals surface area contributed by atoms with Crippen molar-refractivity contribution in [1.29, 1.82) is 5.26 Å². The van der Waals surface area contributed by atoms with Crippen molar-refractivity contribution in [1.82, 2.24) is 4.90 Å². The van der Waals surface area contributed by atoms with Gasteiger partial charge in [-0.15, -0.1) is 0 Å². The summed E-state index contributed by atoms with van der Waals surface area (Å²) in [6.07, 6.45) is 3.78. The highest BCUT2D eigenvalue weighted by Gasteiger charge is 2.40. The third kappa shape index (κ3) is 2.21. The maximum Gasteiger partial charge on any atom is 0.225 e. The van der Waals surface area contributed by atoms with Crippen LogP contribution in [0.3, 0.4) is 0 Å². The summed E-state index contributed by atoms with van der Waals surface area (Å²) in [7, 11) is 0. The molecular weight excluding hydrogens is 200 g/mol. The Labute approximate surface area is 97.4 Å². The minimum absolute atomic E-state index is 0.108. The van der Waals surface area contributed by atoms with Crippen LogP contribution in [-0.2, 0) is 4.79 Å². The van der Waals surface area contributed by atoms with E-state index in [0.29, 0.717) is 11.3 Å². The largest absolute Gasteiger partial charge is 0.341 e. The van der Waals surface area contributed by atoms with Crippen molar-refractivity contribution in [3.05, 3.63) is 0 Å². The predicted molar refractivity (Wildman–Crippen MR) is 61.4 cm³/mol. The molecule has 0 N–H and O–H groups in total. The number of amides is 1. The van der Waals surface area contributed by atoms with Gasteiger partial charge in [-0.25, -0.2) is 0 Å². The van der Waals surface area contributed by atoms with Gasteiger partial charge < -0.3 is 4.90 Å². The van der Waals surface area contributed by atoms with Crippen LogP contribution in [0.1, 0.15) is 39.5 Å². The Balaban J connectivity index is 1.89. The summed E-state index contributed by atoms with van der Waals surface area (Å²) in [4.78, 5) is 14.1. The first-order valence-electron chi connectivity index (χ1n) is 6.20. The smallest absolute Gasteiger partial charge is 0.225 e. The van der Waals surface area contributed by atoms with Gasteiger partial charge in [-0.05, 0) is 24.7 Å². The van der Waals surface area contributed by atoms with Gasteiger partial charge in [0, 0.05) is 24.9 Å². The molecule has 2 atom stereocenters. The van der Waals surface area contributed by atoms with Crippen molar-refractivity contribution in [2.75, 3.05) is 13.1 Å². The molecule has 0 bridgehead atoms. The molecule has 88 valence electrons. The normalized spacial score (nSPS) is 32.7. The van der Waals surface area contributed by atoms with E-state index in [4.69, 9.17) is 5.26 Å². The van der Waals surface area contributed by atoms with E-state index in [1.165, 1.54) is 0 Å². The highest BCUT2D eigenvalue weighted by Crippen LogP contribution is 2.35. The van der Waals surface area contributed by atoms with Crippen LogP contribution >= 0.6 is 0 Å². The highest BCUT2D eigenvalue weighted by molar-refractivity contribution is 5.80. The van der Waals surface area contributed by atoms with E-state index in [2.05, 4.69) is 19.9 Å². The van der Waals surface area contributed by atoms with Gasteiger partial charge in [-0.1, -0.05) is 20.3 Å². The highest BCUT2D eigenvalue weighted by atomic mass is 16.2. The zero-order valence-corrected chi connectivity index (χ0v) is 10.2. The minimum Gasteiger partial charge on any atom is -0.341 e. The molecule has 0 aromatic rings. The molecule has 1 aliphatic heterocycles. The summed E-state index contributed by atoms with van der Waals surface area (Å²) in [5.74, 6) is 0.519. The zero-order chi connectivity index (χ0) is 11.8. The molecule has 0 spiro atoms. The van der Waals surface area contributed by atoms with Crippen LogP contribution in [0, 0.1) is 28.6 Å². The molecule has 0 aromatic carbocycles. The molecule has 2 fully saturated rings. The molecule has 3 heteroatoms. The van der Waals surface area contributed by atoms with E-state index in [1.807, 2.05) is 4.90 Å². The summed E-state index contributed by atoms with van der Waals surface area (Å²) < 4.78 is 0. The van der Waals surface area contributed by atoms with Crippen LogP contribution in [0.15, 0.2) is 0 Å². The molecule has 1 unspecified atom stereocenters. The number of nitriles is 1. The lowest BCUT2D eigenvalue weighted by molar-refractivity contribution is -0.147. The molecular formula is C13H20N2O. The molecule has 3 nitrogen and oxygen atoms in total. The van der Waals surface area contributed by atoms with Gasteiger partial charge in [0.15, 0.2) is 0 Å². The summed E-state index contributed by atoms with van der Waals surface area (Å²) in [6, 6.07) is 2.31. The topological polar surface area (TPSA) is 44.1 Å². The van der Waals surface area contributed by atoms with Crippen molar-refractivity contribution >= 4 is 5.91 Å². The van der Waals surface area contributed by atoms with Gasteiger partial charge in [0.1, 0.15) is 0 Å². The SMILES string of the molecule is CC1(C)CN(C(=O)C2CCC[C@H](C#N)C2)C1. The summed E-state index contributed by atoms with van der Waals surface area (Å²) >= 11 is 0. The fraction of sp³-hybridized carbons (Fsp3) is 0.846. The Morgan fingerprint density at radius 2 is 2.06 bits per heavy atom. The van der Waals surface area contributed by atoms with Crippen molar-refractivity contribution in [2.24, 2.45) is 17.3 Å². The summed E-state index contributed by atoms with van der Waals surface area (Å²) in [5.41, 5.74) is 0.305. The molecule has 1 amide bonds. The van der Waals surface area contributed by atoms with E-state index >= 15 is 0 Å². The van der Waals surface area contributed by atoms with Gasteiger partial charge in [0.2, 0.25) is 5.91 Å². The van der Waals surface area contributed by atoms with Crippen LogP contribution in [0.2, 0.25) is 0 Å². The van der Waals surface area contributed by atoms with E-state index in [1.54, 1.807) is 0 Å². The lowest BCUT2D eigenvalue weighted by atomic mass is 9.78. The van der Waals surface area contributed by atoms with Crippen molar-refractivity contribution in [3.8, 4) is 6.07 Å². The number of nitrogens with zero attached hydrogens (tertiary/aromatic N) is 2. The van der Waals surface area contributed by atoms with Crippen molar-refractivity contribution < 1.29 is 4.79 Å². The second-order valence-corrected chi connectivity index (χ2v) is 6.05. The number of hydrogen-bond acceptors (Lipinski definition) is 2. The first kappa shape index (κ1) is 11.4. The molecule has 1 aliphatic carbocycles. The van der Waals surface area contributed by atoms with Crippen LogP contribution in [-0.4, -0.2) is 23.9 Å². The van der Waals surface area contributed by atoms with E-state index in [0.717, 1.165) is 38.8 Å².